The van der Waals surface area contributed by atoms with Gasteiger partial charge in [-0.3, -0.25) is 4.79 Å². The SMILES string of the molecule is Cc1ccc(-c2nnco2)cc1NC(=O)c1ccc2c(c1)CCC2. The van der Waals surface area contributed by atoms with Gasteiger partial charge < -0.3 is 9.73 Å². The minimum atomic E-state index is -0.101. The molecule has 1 N–H and O–H groups in total. The first-order chi connectivity index (χ1) is 11.7. The quantitative estimate of drug-likeness (QED) is 0.797. The fourth-order valence-electron chi connectivity index (χ4n) is 3.10. The minimum Gasteiger partial charge on any atom is -0.423 e. The van der Waals surface area contributed by atoms with Crippen LogP contribution in [0.1, 0.15) is 33.5 Å². The van der Waals surface area contributed by atoms with Gasteiger partial charge in [0.2, 0.25) is 12.3 Å². The lowest BCUT2D eigenvalue weighted by molar-refractivity contribution is 0.102. The summed E-state index contributed by atoms with van der Waals surface area (Å²) in [5.74, 6) is 0.332. The first kappa shape index (κ1) is 14.6. The molecule has 1 aliphatic rings. The van der Waals surface area contributed by atoms with E-state index in [4.69, 9.17) is 4.42 Å². The Kier molecular flexibility index (Phi) is 3.61. The molecule has 0 aliphatic heterocycles. The summed E-state index contributed by atoms with van der Waals surface area (Å²) in [4.78, 5) is 12.6. The molecule has 0 atom stereocenters. The van der Waals surface area contributed by atoms with Crippen LogP contribution in [0.3, 0.4) is 0 Å². The summed E-state index contributed by atoms with van der Waals surface area (Å²) in [5.41, 5.74) is 5.85. The third-order valence-electron chi connectivity index (χ3n) is 4.45. The Morgan fingerprint density at radius 3 is 2.83 bits per heavy atom. The molecule has 120 valence electrons. The highest BCUT2D eigenvalue weighted by molar-refractivity contribution is 6.05. The predicted octanol–water partition coefficient (Wildman–Crippen LogP) is 3.79. The van der Waals surface area contributed by atoms with Crippen molar-refractivity contribution in [1.82, 2.24) is 10.2 Å². The molecule has 0 fully saturated rings. The van der Waals surface area contributed by atoms with Crippen LogP contribution in [0.15, 0.2) is 47.2 Å². The molecular weight excluding hydrogens is 302 g/mol. The fourth-order valence-corrected chi connectivity index (χ4v) is 3.10. The van der Waals surface area contributed by atoms with E-state index in [0.29, 0.717) is 11.5 Å². The number of aryl methyl sites for hydroxylation is 3. The molecule has 1 amide bonds. The molecule has 0 bridgehead atoms. The second kappa shape index (κ2) is 5.92. The maximum atomic E-state index is 12.6. The van der Waals surface area contributed by atoms with Gasteiger partial charge in [0.05, 0.1) is 0 Å². The first-order valence-corrected chi connectivity index (χ1v) is 8.01. The van der Waals surface area contributed by atoms with E-state index in [1.807, 2.05) is 37.3 Å². The summed E-state index contributed by atoms with van der Waals surface area (Å²) in [5, 5.41) is 10.6. The summed E-state index contributed by atoms with van der Waals surface area (Å²) in [6, 6.07) is 11.7. The van der Waals surface area contributed by atoms with Crippen LogP contribution < -0.4 is 5.32 Å². The number of anilines is 1. The maximum Gasteiger partial charge on any atom is 0.255 e. The first-order valence-electron chi connectivity index (χ1n) is 8.01. The van der Waals surface area contributed by atoms with E-state index < -0.39 is 0 Å². The minimum absolute atomic E-state index is 0.101. The van der Waals surface area contributed by atoms with Crippen LogP contribution in [0.2, 0.25) is 0 Å². The Morgan fingerprint density at radius 1 is 1.12 bits per heavy atom. The standard InChI is InChI=1S/C19H17N3O2/c1-12-5-6-16(19-22-20-11-24-19)10-17(12)21-18(23)15-8-7-13-3-2-4-14(13)9-15/h5-11H,2-4H2,1H3,(H,21,23). The molecule has 2 aromatic carbocycles. The highest BCUT2D eigenvalue weighted by Crippen LogP contribution is 2.26. The van der Waals surface area contributed by atoms with Crippen LogP contribution in [-0.4, -0.2) is 16.1 Å². The van der Waals surface area contributed by atoms with Gasteiger partial charge in [-0.1, -0.05) is 12.1 Å². The molecular formula is C19H17N3O2. The highest BCUT2D eigenvalue weighted by atomic mass is 16.4. The van der Waals surface area contributed by atoms with E-state index in [1.165, 1.54) is 23.9 Å². The Labute approximate surface area is 139 Å². The number of amides is 1. The molecule has 1 aromatic heterocycles. The molecule has 5 nitrogen and oxygen atoms in total. The van der Waals surface area contributed by atoms with Crippen LogP contribution in [0.25, 0.3) is 11.5 Å². The van der Waals surface area contributed by atoms with Gasteiger partial charge in [0.25, 0.3) is 5.91 Å². The zero-order valence-corrected chi connectivity index (χ0v) is 13.4. The normalized spacial score (nSPS) is 12.9. The molecule has 5 heteroatoms. The lowest BCUT2D eigenvalue weighted by Crippen LogP contribution is -2.13. The van der Waals surface area contributed by atoms with Crippen LogP contribution in [0, 0.1) is 6.92 Å². The van der Waals surface area contributed by atoms with Gasteiger partial charge in [0, 0.05) is 16.8 Å². The Morgan fingerprint density at radius 2 is 2.00 bits per heavy atom. The van der Waals surface area contributed by atoms with Crippen molar-refractivity contribution in [3.8, 4) is 11.5 Å². The number of carbonyl (C=O) groups is 1. The molecule has 4 rings (SSSR count). The molecule has 1 heterocycles. The average Bonchev–Trinajstić information content (AvgIpc) is 3.27. The molecule has 0 saturated carbocycles. The van der Waals surface area contributed by atoms with Gasteiger partial charge in [-0.25, -0.2) is 0 Å². The van der Waals surface area contributed by atoms with Crippen LogP contribution in [-0.2, 0) is 12.8 Å². The zero-order valence-electron chi connectivity index (χ0n) is 13.4. The second-order valence-corrected chi connectivity index (χ2v) is 6.06. The third kappa shape index (κ3) is 2.69. The fraction of sp³-hybridized carbons (Fsp3) is 0.211. The van der Waals surface area contributed by atoms with Crippen LogP contribution >= 0.6 is 0 Å². The van der Waals surface area contributed by atoms with Crippen molar-refractivity contribution in [2.75, 3.05) is 5.32 Å². The molecule has 0 unspecified atom stereocenters. The smallest absolute Gasteiger partial charge is 0.255 e. The predicted molar refractivity (Wildman–Crippen MR) is 90.9 cm³/mol. The zero-order chi connectivity index (χ0) is 16.5. The van der Waals surface area contributed by atoms with Gasteiger partial charge >= 0.3 is 0 Å². The average molecular weight is 319 g/mol. The number of carbonyl (C=O) groups excluding carboxylic acids is 1. The van der Waals surface area contributed by atoms with Gasteiger partial charge in [0.15, 0.2) is 0 Å². The Bertz CT molecular complexity index is 901. The van der Waals surface area contributed by atoms with Crippen molar-refractivity contribution in [3.05, 3.63) is 65.0 Å². The van der Waals surface area contributed by atoms with E-state index in [-0.39, 0.29) is 5.91 Å². The number of rotatable bonds is 3. The third-order valence-corrected chi connectivity index (χ3v) is 4.45. The van der Waals surface area contributed by atoms with Crippen molar-refractivity contribution in [2.24, 2.45) is 0 Å². The number of aromatic nitrogens is 2. The Balaban J connectivity index is 1.60. The molecule has 24 heavy (non-hydrogen) atoms. The molecule has 0 spiro atoms. The summed E-state index contributed by atoms with van der Waals surface area (Å²) in [6.45, 7) is 1.95. The molecule has 0 radical (unpaired) electrons. The lowest BCUT2D eigenvalue weighted by atomic mass is 10.1. The maximum absolute atomic E-state index is 12.6. The summed E-state index contributed by atoms with van der Waals surface area (Å²) < 4.78 is 5.22. The number of benzene rings is 2. The number of nitrogens with zero attached hydrogens (tertiary/aromatic N) is 2. The topological polar surface area (TPSA) is 68.0 Å². The van der Waals surface area contributed by atoms with Crippen molar-refractivity contribution in [1.29, 1.82) is 0 Å². The van der Waals surface area contributed by atoms with Gasteiger partial charge in [-0.15, -0.1) is 10.2 Å². The largest absolute Gasteiger partial charge is 0.423 e. The van der Waals surface area contributed by atoms with Crippen LogP contribution in [0.4, 0.5) is 5.69 Å². The van der Waals surface area contributed by atoms with Gasteiger partial charge in [-0.05, 0) is 67.1 Å². The molecule has 0 saturated heterocycles. The molecule has 1 aliphatic carbocycles. The highest BCUT2D eigenvalue weighted by Gasteiger charge is 2.15. The van der Waals surface area contributed by atoms with E-state index in [1.54, 1.807) is 0 Å². The monoisotopic (exact) mass is 319 g/mol. The van der Waals surface area contributed by atoms with Gasteiger partial charge in [-0.2, -0.15) is 0 Å². The Hall–Kier alpha value is -2.95. The number of hydrogen-bond acceptors (Lipinski definition) is 4. The van der Waals surface area contributed by atoms with Gasteiger partial charge in [0.1, 0.15) is 0 Å². The lowest BCUT2D eigenvalue weighted by Gasteiger charge is -2.10. The van der Waals surface area contributed by atoms with E-state index in [9.17, 15) is 4.79 Å². The van der Waals surface area contributed by atoms with E-state index in [0.717, 1.165) is 29.7 Å². The summed E-state index contributed by atoms with van der Waals surface area (Å²) in [7, 11) is 0. The second-order valence-electron chi connectivity index (χ2n) is 6.06. The number of hydrogen-bond donors (Lipinski definition) is 1. The van der Waals surface area contributed by atoms with Crippen molar-refractivity contribution in [2.45, 2.75) is 26.2 Å². The number of fused-ring (bicyclic) bond motifs is 1. The molecule has 3 aromatic rings. The van der Waals surface area contributed by atoms with E-state index in [2.05, 4.69) is 21.6 Å². The van der Waals surface area contributed by atoms with Crippen molar-refractivity contribution < 1.29 is 9.21 Å². The van der Waals surface area contributed by atoms with Crippen molar-refractivity contribution in [3.63, 3.8) is 0 Å². The van der Waals surface area contributed by atoms with Crippen molar-refractivity contribution >= 4 is 11.6 Å². The summed E-state index contributed by atoms with van der Waals surface area (Å²) in [6.07, 6.45) is 4.63. The van der Waals surface area contributed by atoms with E-state index >= 15 is 0 Å². The number of nitrogens with one attached hydrogen (secondary N) is 1. The van der Waals surface area contributed by atoms with Crippen LogP contribution in [0.5, 0.6) is 0 Å². The summed E-state index contributed by atoms with van der Waals surface area (Å²) >= 11 is 0.